The first kappa shape index (κ1) is 20.5. The van der Waals surface area contributed by atoms with Crippen molar-refractivity contribution in [2.24, 2.45) is 0 Å². The number of nitrogens with one attached hydrogen (secondary N) is 1. The standard InChI is InChI=1S/C23H22N4O4/c1-15-12-18(14-31-2)20-22(24-15)26(13-16-6-4-3-5-7-16)21(25-23(20)28)17-8-10-19(11-9-17)27(29)30/h3-12,21H,13-14H2,1-2H3,(H,25,28)/t21-/m1/s1. The van der Waals surface area contributed by atoms with Crippen molar-refractivity contribution >= 4 is 17.4 Å². The van der Waals surface area contributed by atoms with Crippen molar-refractivity contribution in [3.63, 3.8) is 0 Å². The topological polar surface area (TPSA) is 97.6 Å². The number of pyridine rings is 1. The average Bonchev–Trinajstić information content (AvgIpc) is 2.76. The van der Waals surface area contributed by atoms with E-state index in [4.69, 9.17) is 9.72 Å². The van der Waals surface area contributed by atoms with Crippen LogP contribution in [0.15, 0.2) is 60.7 Å². The number of carbonyl (C=O) groups excluding carboxylic acids is 1. The van der Waals surface area contributed by atoms with Crippen LogP contribution < -0.4 is 10.2 Å². The molecule has 2 heterocycles. The van der Waals surface area contributed by atoms with E-state index in [9.17, 15) is 14.9 Å². The van der Waals surface area contributed by atoms with E-state index in [1.54, 1.807) is 19.2 Å². The minimum Gasteiger partial charge on any atom is -0.380 e. The summed E-state index contributed by atoms with van der Waals surface area (Å²) in [6, 6.07) is 17.9. The van der Waals surface area contributed by atoms with Gasteiger partial charge in [-0.15, -0.1) is 0 Å². The number of ether oxygens (including phenoxy) is 1. The van der Waals surface area contributed by atoms with Crippen LogP contribution in [0.1, 0.15) is 38.9 Å². The lowest BCUT2D eigenvalue weighted by atomic mass is 10.0. The number of carbonyl (C=O) groups is 1. The Kier molecular flexibility index (Phi) is 5.64. The van der Waals surface area contributed by atoms with E-state index < -0.39 is 11.1 Å². The predicted molar refractivity (Wildman–Crippen MR) is 116 cm³/mol. The smallest absolute Gasteiger partial charge is 0.269 e. The van der Waals surface area contributed by atoms with E-state index in [1.165, 1.54) is 12.1 Å². The molecule has 0 radical (unpaired) electrons. The van der Waals surface area contributed by atoms with Crippen molar-refractivity contribution in [2.75, 3.05) is 12.0 Å². The Bertz CT molecular complexity index is 1120. The van der Waals surface area contributed by atoms with E-state index in [0.29, 0.717) is 24.5 Å². The summed E-state index contributed by atoms with van der Waals surface area (Å²) in [6.45, 7) is 2.67. The zero-order valence-electron chi connectivity index (χ0n) is 17.2. The first-order chi connectivity index (χ1) is 15.0. The number of fused-ring (bicyclic) bond motifs is 1. The number of hydrogen-bond acceptors (Lipinski definition) is 6. The number of hydrogen-bond donors (Lipinski definition) is 1. The van der Waals surface area contributed by atoms with Crippen LogP contribution in [0.4, 0.5) is 11.5 Å². The number of nitro benzene ring substituents is 1. The summed E-state index contributed by atoms with van der Waals surface area (Å²) in [7, 11) is 1.59. The molecule has 1 aliphatic heterocycles. The zero-order valence-corrected chi connectivity index (χ0v) is 17.2. The molecule has 8 nitrogen and oxygen atoms in total. The van der Waals surface area contributed by atoms with E-state index in [0.717, 1.165) is 22.4 Å². The van der Waals surface area contributed by atoms with E-state index in [2.05, 4.69) is 5.32 Å². The van der Waals surface area contributed by atoms with Crippen LogP contribution >= 0.6 is 0 Å². The van der Waals surface area contributed by atoms with Crippen molar-refractivity contribution in [2.45, 2.75) is 26.2 Å². The Hall–Kier alpha value is -3.78. The third-order valence-corrected chi connectivity index (χ3v) is 5.20. The minimum atomic E-state index is -0.522. The average molecular weight is 418 g/mol. The molecule has 2 aromatic carbocycles. The van der Waals surface area contributed by atoms with Gasteiger partial charge in [0.25, 0.3) is 11.6 Å². The maximum atomic E-state index is 13.1. The lowest BCUT2D eigenvalue weighted by Gasteiger charge is -2.39. The van der Waals surface area contributed by atoms with Gasteiger partial charge in [-0.2, -0.15) is 0 Å². The molecule has 8 heteroatoms. The van der Waals surface area contributed by atoms with Crippen LogP contribution in [0.25, 0.3) is 0 Å². The third kappa shape index (κ3) is 4.10. The number of nitrogens with zero attached hydrogens (tertiary/aromatic N) is 3. The molecule has 3 aromatic rings. The van der Waals surface area contributed by atoms with Crippen LogP contribution in [0, 0.1) is 17.0 Å². The van der Waals surface area contributed by atoms with Crippen molar-refractivity contribution in [1.82, 2.24) is 10.3 Å². The van der Waals surface area contributed by atoms with Crippen LogP contribution in [0.2, 0.25) is 0 Å². The van der Waals surface area contributed by atoms with E-state index >= 15 is 0 Å². The molecular weight excluding hydrogens is 396 g/mol. The van der Waals surface area contributed by atoms with Crippen LogP contribution in [0.5, 0.6) is 0 Å². The van der Waals surface area contributed by atoms with Crippen LogP contribution in [-0.4, -0.2) is 22.9 Å². The van der Waals surface area contributed by atoms with Crippen LogP contribution in [0.3, 0.4) is 0 Å². The molecule has 1 aromatic heterocycles. The summed E-state index contributed by atoms with van der Waals surface area (Å²) < 4.78 is 5.31. The highest BCUT2D eigenvalue weighted by Crippen LogP contribution is 2.35. The van der Waals surface area contributed by atoms with Crippen molar-refractivity contribution < 1.29 is 14.5 Å². The van der Waals surface area contributed by atoms with Gasteiger partial charge in [0.15, 0.2) is 0 Å². The molecule has 0 bridgehead atoms. The van der Waals surface area contributed by atoms with Gasteiger partial charge in [0.1, 0.15) is 12.0 Å². The normalized spacial score (nSPS) is 15.4. The number of anilines is 1. The molecule has 0 spiro atoms. The second kappa shape index (κ2) is 8.53. The third-order valence-electron chi connectivity index (χ3n) is 5.20. The lowest BCUT2D eigenvalue weighted by Crippen LogP contribution is -2.47. The number of rotatable bonds is 6. The summed E-state index contributed by atoms with van der Waals surface area (Å²) in [6.07, 6.45) is -0.522. The van der Waals surface area contributed by atoms with Gasteiger partial charge in [0.05, 0.1) is 17.1 Å². The first-order valence-electron chi connectivity index (χ1n) is 9.83. The summed E-state index contributed by atoms with van der Waals surface area (Å²) in [5.74, 6) is 0.324. The highest BCUT2D eigenvalue weighted by Gasteiger charge is 2.35. The van der Waals surface area contributed by atoms with E-state index in [1.807, 2.05) is 48.2 Å². The molecule has 0 aliphatic carbocycles. The quantitative estimate of drug-likeness (QED) is 0.482. The van der Waals surface area contributed by atoms with Gasteiger partial charge >= 0.3 is 0 Å². The predicted octanol–water partition coefficient (Wildman–Crippen LogP) is 3.89. The second-order valence-corrected chi connectivity index (χ2v) is 7.39. The second-order valence-electron chi connectivity index (χ2n) is 7.39. The van der Waals surface area contributed by atoms with Crippen LogP contribution in [-0.2, 0) is 17.9 Å². The number of methoxy groups -OCH3 is 1. The number of aromatic nitrogens is 1. The maximum absolute atomic E-state index is 13.1. The van der Waals surface area contributed by atoms with Gasteiger partial charge in [0.2, 0.25) is 0 Å². The van der Waals surface area contributed by atoms with Gasteiger partial charge in [-0.25, -0.2) is 4.98 Å². The summed E-state index contributed by atoms with van der Waals surface area (Å²) >= 11 is 0. The molecule has 0 saturated heterocycles. The van der Waals surface area contributed by atoms with E-state index in [-0.39, 0.29) is 11.6 Å². The molecule has 158 valence electrons. The molecule has 0 fully saturated rings. The molecule has 4 rings (SSSR count). The fourth-order valence-electron chi connectivity index (χ4n) is 3.83. The Balaban J connectivity index is 1.83. The SMILES string of the molecule is COCc1cc(C)nc2c1C(=O)N[C@@H](c1ccc([N+](=O)[O-])cc1)N2Cc1ccccc1. The maximum Gasteiger partial charge on any atom is 0.269 e. The van der Waals surface area contributed by atoms with Gasteiger partial charge in [-0.1, -0.05) is 30.3 Å². The van der Waals surface area contributed by atoms with Crippen molar-refractivity contribution in [3.8, 4) is 0 Å². The minimum absolute atomic E-state index is 0.00255. The summed E-state index contributed by atoms with van der Waals surface area (Å²) in [4.78, 5) is 30.4. The first-order valence-corrected chi connectivity index (χ1v) is 9.83. The highest BCUT2D eigenvalue weighted by molar-refractivity contribution is 6.02. The summed E-state index contributed by atoms with van der Waals surface area (Å²) in [5, 5.41) is 14.1. The van der Waals surface area contributed by atoms with Gasteiger partial charge in [-0.05, 0) is 41.8 Å². The van der Waals surface area contributed by atoms with Gasteiger partial charge in [0, 0.05) is 31.5 Å². The molecular formula is C23H22N4O4. The van der Waals surface area contributed by atoms with Gasteiger partial charge in [-0.3, -0.25) is 14.9 Å². The molecule has 0 unspecified atom stereocenters. The molecule has 0 saturated carbocycles. The fourth-order valence-corrected chi connectivity index (χ4v) is 3.83. The molecule has 1 N–H and O–H groups in total. The Morgan fingerprint density at radius 3 is 2.52 bits per heavy atom. The highest BCUT2D eigenvalue weighted by atomic mass is 16.6. The number of aryl methyl sites for hydroxylation is 1. The number of benzene rings is 2. The Morgan fingerprint density at radius 1 is 1.16 bits per heavy atom. The largest absolute Gasteiger partial charge is 0.380 e. The number of nitro groups is 1. The number of non-ortho nitro benzene ring substituents is 1. The van der Waals surface area contributed by atoms with Crippen molar-refractivity contribution in [1.29, 1.82) is 0 Å². The Morgan fingerprint density at radius 2 is 1.87 bits per heavy atom. The Labute approximate surface area is 179 Å². The number of amides is 1. The molecule has 31 heavy (non-hydrogen) atoms. The zero-order chi connectivity index (χ0) is 22.0. The lowest BCUT2D eigenvalue weighted by molar-refractivity contribution is -0.384. The monoisotopic (exact) mass is 418 g/mol. The summed E-state index contributed by atoms with van der Waals surface area (Å²) in [5.41, 5.74) is 3.81. The molecule has 1 atom stereocenters. The molecule has 1 amide bonds. The molecule has 1 aliphatic rings. The van der Waals surface area contributed by atoms with Gasteiger partial charge < -0.3 is 15.0 Å². The van der Waals surface area contributed by atoms with Crippen molar-refractivity contribution in [3.05, 3.63) is 98.7 Å². The fraction of sp³-hybridized carbons (Fsp3) is 0.217.